The maximum absolute atomic E-state index is 12.7. The van der Waals surface area contributed by atoms with Crippen LogP contribution < -0.4 is 5.56 Å². The van der Waals surface area contributed by atoms with Crippen molar-refractivity contribution in [3.63, 3.8) is 0 Å². The standard InChI is InChI=1S/C9H8BrF2NO3/c1-16-9(15)5-4(2-10)3-13-8(14)6(5)7(11)12/h3,7H,2H2,1H3,(H,13,14). The highest BCUT2D eigenvalue weighted by atomic mass is 79.9. The number of carbonyl (C=O) groups is 1. The minimum absolute atomic E-state index is 0.161. The Labute approximate surface area is 97.7 Å². The van der Waals surface area contributed by atoms with E-state index in [9.17, 15) is 18.4 Å². The zero-order chi connectivity index (χ0) is 12.3. The van der Waals surface area contributed by atoms with Gasteiger partial charge in [-0.15, -0.1) is 0 Å². The van der Waals surface area contributed by atoms with Crippen molar-refractivity contribution < 1.29 is 18.3 Å². The maximum Gasteiger partial charge on any atom is 0.338 e. The number of H-pyrrole nitrogens is 1. The third-order valence-corrected chi connectivity index (χ3v) is 2.57. The van der Waals surface area contributed by atoms with Crippen molar-refractivity contribution in [2.75, 3.05) is 7.11 Å². The number of hydrogen-bond acceptors (Lipinski definition) is 3. The summed E-state index contributed by atoms with van der Waals surface area (Å²) >= 11 is 3.04. The molecule has 0 spiro atoms. The molecule has 0 aliphatic rings. The Morgan fingerprint density at radius 1 is 1.62 bits per heavy atom. The van der Waals surface area contributed by atoms with E-state index in [1.807, 2.05) is 0 Å². The minimum Gasteiger partial charge on any atom is -0.465 e. The van der Waals surface area contributed by atoms with E-state index in [0.717, 1.165) is 7.11 Å². The van der Waals surface area contributed by atoms with Crippen LogP contribution in [0.15, 0.2) is 11.0 Å². The lowest BCUT2D eigenvalue weighted by molar-refractivity contribution is 0.0587. The summed E-state index contributed by atoms with van der Waals surface area (Å²) in [5.74, 6) is -0.948. The molecule has 0 radical (unpaired) electrons. The topological polar surface area (TPSA) is 59.2 Å². The first-order chi connectivity index (χ1) is 7.52. The second-order valence-corrected chi connectivity index (χ2v) is 3.42. The highest BCUT2D eigenvalue weighted by Gasteiger charge is 2.25. The van der Waals surface area contributed by atoms with Crippen LogP contribution >= 0.6 is 15.9 Å². The third kappa shape index (κ3) is 2.29. The number of halogens is 3. The summed E-state index contributed by atoms with van der Waals surface area (Å²) in [6, 6.07) is 0. The van der Waals surface area contributed by atoms with Gasteiger partial charge >= 0.3 is 5.97 Å². The van der Waals surface area contributed by atoms with Gasteiger partial charge in [-0.2, -0.15) is 0 Å². The zero-order valence-electron chi connectivity index (χ0n) is 8.22. The number of rotatable bonds is 3. The Morgan fingerprint density at radius 3 is 2.69 bits per heavy atom. The lowest BCUT2D eigenvalue weighted by Crippen LogP contribution is -2.21. The van der Waals surface area contributed by atoms with Crippen LogP contribution in [0.5, 0.6) is 0 Å². The van der Waals surface area contributed by atoms with Crippen LogP contribution in [0, 0.1) is 0 Å². The summed E-state index contributed by atoms with van der Waals surface area (Å²) < 4.78 is 29.7. The molecule has 0 unspecified atom stereocenters. The fourth-order valence-electron chi connectivity index (χ4n) is 1.25. The monoisotopic (exact) mass is 295 g/mol. The Balaban J connectivity index is 3.55. The first-order valence-electron chi connectivity index (χ1n) is 4.19. The number of aromatic nitrogens is 1. The van der Waals surface area contributed by atoms with Crippen molar-refractivity contribution in [2.24, 2.45) is 0 Å². The molecule has 1 N–H and O–H groups in total. The first-order valence-corrected chi connectivity index (χ1v) is 5.32. The molecule has 1 heterocycles. The Bertz CT molecular complexity index is 459. The summed E-state index contributed by atoms with van der Waals surface area (Å²) in [6.45, 7) is 0. The quantitative estimate of drug-likeness (QED) is 0.685. The summed E-state index contributed by atoms with van der Waals surface area (Å²) in [5, 5.41) is 0.161. The number of aromatic amines is 1. The van der Waals surface area contributed by atoms with Gasteiger partial charge in [-0.05, 0) is 5.56 Å². The van der Waals surface area contributed by atoms with Crippen LogP contribution in [0.4, 0.5) is 8.78 Å². The molecule has 0 fully saturated rings. The number of hydrogen-bond donors (Lipinski definition) is 1. The van der Waals surface area contributed by atoms with Crippen molar-refractivity contribution >= 4 is 21.9 Å². The normalized spacial score (nSPS) is 10.6. The van der Waals surface area contributed by atoms with Gasteiger partial charge < -0.3 is 9.72 Å². The molecular formula is C9H8BrF2NO3. The van der Waals surface area contributed by atoms with E-state index < -0.39 is 23.5 Å². The van der Waals surface area contributed by atoms with Crippen molar-refractivity contribution in [2.45, 2.75) is 11.8 Å². The van der Waals surface area contributed by atoms with Crippen molar-refractivity contribution in [3.8, 4) is 0 Å². The average molecular weight is 296 g/mol. The maximum atomic E-state index is 12.7. The van der Waals surface area contributed by atoms with E-state index in [0.29, 0.717) is 0 Å². The second-order valence-electron chi connectivity index (χ2n) is 2.86. The van der Waals surface area contributed by atoms with Gasteiger partial charge in [0.25, 0.3) is 12.0 Å². The first kappa shape index (κ1) is 12.8. The highest BCUT2D eigenvalue weighted by molar-refractivity contribution is 9.08. The molecule has 16 heavy (non-hydrogen) atoms. The number of methoxy groups -OCH3 is 1. The molecule has 0 amide bonds. The highest BCUT2D eigenvalue weighted by Crippen LogP contribution is 2.23. The Hall–Kier alpha value is -1.24. The number of alkyl halides is 3. The predicted octanol–water partition coefficient (Wildman–Crippen LogP) is 1.99. The SMILES string of the molecule is COC(=O)c1c(CBr)c[nH]c(=O)c1C(F)F. The number of carbonyl (C=O) groups excluding carboxylic acids is 1. The van der Waals surface area contributed by atoms with Gasteiger partial charge in [0.15, 0.2) is 0 Å². The number of pyridine rings is 1. The number of nitrogens with one attached hydrogen (secondary N) is 1. The molecule has 0 bridgehead atoms. The van der Waals surface area contributed by atoms with Gasteiger partial charge in [0.05, 0.1) is 18.2 Å². The van der Waals surface area contributed by atoms with Gasteiger partial charge in [-0.3, -0.25) is 4.79 Å². The largest absolute Gasteiger partial charge is 0.465 e. The minimum atomic E-state index is -3.03. The van der Waals surface area contributed by atoms with Crippen LogP contribution in [-0.4, -0.2) is 18.1 Å². The molecule has 0 aliphatic carbocycles. The lowest BCUT2D eigenvalue weighted by atomic mass is 10.1. The molecule has 4 nitrogen and oxygen atoms in total. The van der Waals surface area contributed by atoms with Crippen molar-refractivity contribution in [3.05, 3.63) is 33.2 Å². The number of ether oxygens (including phenoxy) is 1. The van der Waals surface area contributed by atoms with Crippen LogP contribution in [0.25, 0.3) is 0 Å². The molecular weight excluding hydrogens is 288 g/mol. The number of esters is 1. The molecule has 1 aromatic rings. The Kier molecular flexibility index (Phi) is 4.17. The van der Waals surface area contributed by atoms with Gasteiger partial charge in [0.1, 0.15) is 0 Å². The molecule has 0 saturated heterocycles. The van der Waals surface area contributed by atoms with Crippen LogP contribution in [-0.2, 0) is 10.1 Å². The molecule has 1 aromatic heterocycles. The molecule has 88 valence electrons. The van der Waals surface area contributed by atoms with Crippen molar-refractivity contribution in [1.82, 2.24) is 4.98 Å². The fraction of sp³-hybridized carbons (Fsp3) is 0.333. The lowest BCUT2D eigenvalue weighted by Gasteiger charge is -2.09. The van der Waals surface area contributed by atoms with E-state index in [4.69, 9.17) is 0 Å². The van der Waals surface area contributed by atoms with Gasteiger partial charge in [0, 0.05) is 11.5 Å². The summed E-state index contributed by atoms with van der Waals surface area (Å²) in [6.07, 6.45) is -1.83. The summed E-state index contributed by atoms with van der Waals surface area (Å²) in [5.41, 5.74) is -1.97. The van der Waals surface area contributed by atoms with Gasteiger partial charge in [-0.1, -0.05) is 15.9 Å². The third-order valence-electron chi connectivity index (χ3n) is 1.96. The molecule has 7 heteroatoms. The summed E-state index contributed by atoms with van der Waals surface area (Å²) in [7, 11) is 1.07. The average Bonchev–Trinajstić information content (AvgIpc) is 2.27. The van der Waals surface area contributed by atoms with Crippen LogP contribution in [0.1, 0.15) is 27.9 Å². The zero-order valence-corrected chi connectivity index (χ0v) is 9.81. The fourth-order valence-corrected chi connectivity index (χ4v) is 1.69. The molecule has 0 saturated carbocycles. The van der Waals surface area contributed by atoms with E-state index >= 15 is 0 Å². The predicted molar refractivity (Wildman–Crippen MR) is 56.0 cm³/mol. The van der Waals surface area contributed by atoms with Gasteiger partial charge in [-0.25, -0.2) is 13.6 Å². The Morgan fingerprint density at radius 2 is 2.25 bits per heavy atom. The van der Waals surface area contributed by atoms with E-state index in [2.05, 4.69) is 25.7 Å². The molecule has 0 aromatic carbocycles. The van der Waals surface area contributed by atoms with Crippen molar-refractivity contribution in [1.29, 1.82) is 0 Å². The van der Waals surface area contributed by atoms with E-state index in [1.165, 1.54) is 6.20 Å². The molecule has 0 aliphatic heterocycles. The van der Waals surface area contributed by atoms with Crippen LogP contribution in [0.3, 0.4) is 0 Å². The molecule has 1 rings (SSSR count). The molecule has 0 atom stereocenters. The summed E-state index contributed by atoms with van der Waals surface area (Å²) in [4.78, 5) is 24.7. The van der Waals surface area contributed by atoms with E-state index in [1.54, 1.807) is 0 Å². The smallest absolute Gasteiger partial charge is 0.338 e. The van der Waals surface area contributed by atoms with Gasteiger partial charge in [0.2, 0.25) is 0 Å². The second kappa shape index (κ2) is 5.20. The van der Waals surface area contributed by atoms with E-state index in [-0.39, 0.29) is 16.5 Å². The van der Waals surface area contributed by atoms with Crippen LogP contribution in [0.2, 0.25) is 0 Å².